The number of carboxylic acids is 1. The van der Waals surface area contributed by atoms with Crippen molar-refractivity contribution < 1.29 is 24.3 Å². The van der Waals surface area contributed by atoms with Crippen molar-refractivity contribution in [1.29, 1.82) is 0 Å². The van der Waals surface area contributed by atoms with Gasteiger partial charge in [-0.3, -0.25) is 9.63 Å². The minimum absolute atomic E-state index is 0.238. The fourth-order valence-corrected chi connectivity index (χ4v) is 1.62. The molecular weight excluding hydrogens is 226 g/mol. The van der Waals surface area contributed by atoms with Crippen molar-refractivity contribution in [2.75, 3.05) is 13.2 Å². The fraction of sp³-hybridized carbons (Fsp3) is 0.273. The number of amides is 1. The Balaban J connectivity index is 1.96. The number of ether oxygens (including phenoxy) is 1. The van der Waals surface area contributed by atoms with E-state index < -0.39 is 24.4 Å². The second-order valence-corrected chi connectivity index (χ2v) is 3.55. The molecule has 0 saturated heterocycles. The lowest BCUT2D eigenvalue weighted by molar-refractivity contribution is -0.149. The van der Waals surface area contributed by atoms with E-state index in [0.29, 0.717) is 5.75 Å². The summed E-state index contributed by atoms with van der Waals surface area (Å²) in [6.45, 7) is -0.331. The Hall–Kier alpha value is -2.08. The molecule has 1 aromatic rings. The van der Waals surface area contributed by atoms with Crippen LogP contribution in [0.4, 0.5) is 0 Å². The van der Waals surface area contributed by atoms with Crippen LogP contribution in [-0.2, 0) is 14.4 Å². The van der Waals surface area contributed by atoms with E-state index in [1.54, 1.807) is 12.1 Å². The number of carboxylic acid groups (broad SMARTS) is 1. The zero-order valence-corrected chi connectivity index (χ0v) is 8.88. The Bertz CT molecular complexity index is 445. The quantitative estimate of drug-likeness (QED) is 0.735. The molecule has 6 heteroatoms. The lowest BCUT2D eigenvalue weighted by Gasteiger charge is -2.08. The molecule has 17 heavy (non-hydrogen) atoms. The summed E-state index contributed by atoms with van der Waals surface area (Å²) in [5, 5.41) is 8.35. The molecule has 1 amide bonds. The number of carbonyl (C=O) groups excluding carboxylic acids is 1. The van der Waals surface area contributed by atoms with Gasteiger partial charge in [0.15, 0.2) is 6.61 Å². The number of nitrogens with one attached hydrogen (secondary N) is 1. The minimum atomic E-state index is -1.15. The van der Waals surface area contributed by atoms with E-state index in [-0.39, 0.29) is 6.61 Å². The molecule has 0 saturated carbocycles. The van der Waals surface area contributed by atoms with E-state index in [1.807, 2.05) is 12.1 Å². The average molecular weight is 237 g/mol. The first kappa shape index (κ1) is 11.4. The molecule has 2 N–H and O–H groups in total. The van der Waals surface area contributed by atoms with Crippen molar-refractivity contribution >= 4 is 11.9 Å². The second-order valence-electron chi connectivity index (χ2n) is 3.55. The Labute approximate surface area is 97.1 Å². The summed E-state index contributed by atoms with van der Waals surface area (Å²) in [7, 11) is 0. The molecule has 0 aliphatic carbocycles. The maximum Gasteiger partial charge on any atom is 0.332 e. The lowest BCUT2D eigenvalue weighted by atomic mass is 10.0. The van der Waals surface area contributed by atoms with E-state index in [9.17, 15) is 9.59 Å². The van der Waals surface area contributed by atoms with Crippen molar-refractivity contribution in [1.82, 2.24) is 5.48 Å². The summed E-state index contributed by atoms with van der Waals surface area (Å²) < 4.78 is 5.33. The van der Waals surface area contributed by atoms with Gasteiger partial charge < -0.3 is 9.84 Å². The van der Waals surface area contributed by atoms with E-state index in [2.05, 4.69) is 10.3 Å². The van der Waals surface area contributed by atoms with Crippen molar-refractivity contribution in [2.24, 2.45) is 0 Å². The third-order valence-corrected chi connectivity index (χ3v) is 2.38. The Kier molecular flexibility index (Phi) is 3.24. The molecule has 0 spiro atoms. The van der Waals surface area contributed by atoms with Crippen molar-refractivity contribution in [3.8, 4) is 5.75 Å². The van der Waals surface area contributed by atoms with Crippen molar-refractivity contribution in [3.05, 3.63) is 29.8 Å². The largest absolute Gasteiger partial charge is 0.492 e. The molecule has 0 fully saturated rings. The van der Waals surface area contributed by atoms with Crippen LogP contribution in [0.3, 0.4) is 0 Å². The molecule has 0 radical (unpaired) electrons. The smallest absolute Gasteiger partial charge is 0.332 e. The third kappa shape index (κ3) is 2.54. The Morgan fingerprint density at radius 1 is 1.47 bits per heavy atom. The summed E-state index contributed by atoms with van der Waals surface area (Å²) in [5.74, 6) is -1.34. The molecule has 0 bridgehead atoms. The van der Waals surface area contributed by atoms with E-state index in [0.717, 1.165) is 5.56 Å². The fourth-order valence-electron chi connectivity index (χ4n) is 1.62. The Morgan fingerprint density at radius 2 is 2.24 bits per heavy atom. The molecule has 1 aromatic carbocycles. The highest BCUT2D eigenvalue weighted by molar-refractivity contribution is 5.84. The molecule has 0 aromatic heterocycles. The molecule has 1 unspecified atom stereocenters. The summed E-state index contributed by atoms with van der Waals surface area (Å²) in [5.41, 5.74) is 2.88. The molecule has 1 heterocycles. The number of hydroxylamine groups is 1. The predicted molar refractivity (Wildman–Crippen MR) is 56.4 cm³/mol. The number of carbonyl (C=O) groups is 2. The number of benzene rings is 1. The maximum atomic E-state index is 11.7. The topological polar surface area (TPSA) is 84.9 Å². The maximum absolute atomic E-state index is 11.7. The summed E-state index contributed by atoms with van der Waals surface area (Å²) in [6, 6.07) is 7.20. The standard InChI is InChI=1S/C11H11NO5/c13-10(14)6-17-12-11(15)8-5-16-9-4-2-1-3-7(8)9/h1-4,8H,5-6H2,(H,12,15)(H,13,14). The van der Waals surface area contributed by atoms with Gasteiger partial charge in [0.25, 0.3) is 5.91 Å². The van der Waals surface area contributed by atoms with Crippen LogP contribution in [0.1, 0.15) is 11.5 Å². The first-order valence-electron chi connectivity index (χ1n) is 5.03. The van der Waals surface area contributed by atoms with Gasteiger partial charge in [0.1, 0.15) is 18.3 Å². The number of hydrogen-bond donors (Lipinski definition) is 2. The number of fused-ring (bicyclic) bond motifs is 1. The van der Waals surface area contributed by atoms with Crippen LogP contribution in [0, 0.1) is 0 Å². The lowest BCUT2D eigenvalue weighted by Crippen LogP contribution is -2.32. The normalized spacial score (nSPS) is 17.1. The molecule has 90 valence electrons. The zero-order valence-electron chi connectivity index (χ0n) is 8.88. The van der Waals surface area contributed by atoms with Gasteiger partial charge in [0.05, 0.1) is 0 Å². The van der Waals surface area contributed by atoms with Gasteiger partial charge in [-0.05, 0) is 6.07 Å². The van der Waals surface area contributed by atoms with Gasteiger partial charge in [0, 0.05) is 5.56 Å². The summed E-state index contributed by atoms with van der Waals surface area (Å²) in [6.07, 6.45) is 0. The molecule has 2 rings (SSSR count). The van der Waals surface area contributed by atoms with Crippen LogP contribution in [0.15, 0.2) is 24.3 Å². The van der Waals surface area contributed by atoms with Crippen LogP contribution >= 0.6 is 0 Å². The zero-order chi connectivity index (χ0) is 12.3. The minimum Gasteiger partial charge on any atom is -0.492 e. The second kappa shape index (κ2) is 4.84. The van der Waals surface area contributed by atoms with Crippen LogP contribution in [0.5, 0.6) is 5.75 Å². The van der Waals surface area contributed by atoms with E-state index in [1.165, 1.54) is 0 Å². The first-order chi connectivity index (χ1) is 8.18. The molecule has 1 aliphatic rings. The summed E-state index contributed by atoms with van der Waals surface area (Å²) >= 11 is 0. The van der Waals surface area contributed by atoms with Crippen molar-refractivity contribution in [3.63, 3.8) is 0 Å². The van der Waals surface area contributed by atoms with Gasteiger partial charge in [-0.25, -0.2) is 10.3 Å². The third-order valence-electron chi connectivity index (χ3n) is 2.38. The number of para-hydroxylation sites is 1. The van der Waals surface area contributed by atoms with Crippen LogP contribution < -0.4 is 10.2 Å². The van der Waals surface area contributed by atoms with Gasteiger partial charge in [-0.1, -0.05) is 18.2 Å². The van der Waals surface area contributed by atoms with Crippen LogP contribution in [0.2, 0.25) is 0 Å². The SMILES string of the molecule is O=C(O)CONC(=O)C1COc2ccccc21. The highest BCUT2D eigenvalue weighted by atomic mass is 16.7. The molecular formula is C11H11NO5. The van der Waals surface area contributed by atoms with E-state index >= 15 is 0 Å². The number of hydrogen-bond acceptors (Lipinski definition) is 4. The highest BCUT2D eigenvalue weighted by Gasteiger charge is 2.30. The average Bonchev–Trinajstić information content (AvgIpc) is 2.72. The van der Waals surface area contributed by atoms with Gasteiger partial charge >= 0.3 is 5.97 Å². The van der Waals surface area contributed by atoms with E-state index in [4.69, 9.17) is 9.84 Å². The van der Waals surface area contributed by atoms with Crippen molar-refractivity contribution in [2.45, 2.75) is 5.92 Å². The molecule has 1 aliphatic heterocycles. The van der Waals surface area contributed by atoms with Gasteiger partial charge in [-0.15, -0.1) is 0 Å². The summed E-state index contributed by atoms with van der Waals surface area (Å²) in [4.78, 5) is 26.4. The molecule has 1 atom stereocenters. The van der Waals surface area contributed by atoms with Crippen LogP contribution in [0.25, 0.3) is 0 Å². The Morgan fingerprint density at radius 3 is 3.00 bits per heavy atom. The first-order valence-corrected chi connectivity index (χ1v) is 5.03. The monoisotopic (exact) mass is 237 g/mol. The van der Waals surface area contributed by atoms with Crippen LogP contribution in [-0.4, -0.2) is 30.2 Å². The number of aliphatic carboxylic acids is 1. The van der Waals surface area contributed by atoms with Gasteiger partial charge in [-0.2, -0.15) is 0 Å². The number of rotatable bonds is 4. The molecule has 6 nitrogen and oxygen atoms in total. The van der Waals surface area contributed by atoms with Gasteiger partial charge in [0.2, 0.25) is 0 Å². The predicted octanol–water partition coefficient (Wildman–Crippen LogP) is 0.295. The highest BCUT2D eigenvalue weighted by Crippen LogP contribution is 2.33.